The van der Waals surface area contributed by atoms with Crippen LogP contribution in [0.3, 0.4) is 0 Å². The topological polar surface area (TPSA) is 179 Å². The molecule has 3 amide bonds. The van der Waals surface area contributed by atoms with Crippen LogP contribution in [0.25, 0.3) is 0 Å². The average Bonchev–Trinajstić information content (AvgIpc) is 3.00. The number of hydrogen-bond donors (Lipinski definition) is 4. The lowest BCUT2D eigenvalue weighted by molar-refractivity contribution is -0.142. The first-order valence-electron chi connectivity index (χ1n) is 16.6. The zero-order valence-corrected chi connectivity index (χ0v) is 27.7. The zero-order valence-electron chi connectivity index (χ0n) is 27.7. The highest BCUT2D eigenvalue weighted by molar-refractivity contribution is 5.84. The van der Waals surface area contributed by atoms with Gasteiger partial charge in [0.2, 0.25) is 17.7 Å². The lowest BCUT2D eigenvalue weighted by Gasteiger charge is -2.14. The molecule has 0 heterocycles. The largest absolute Gasteiger partial charge is 0.480 e. The van der Waals surface area contributed by atoms with Crippen molar-refractivity contribution >= 4 is 29.5 Å². The van der Waals surface area contributed by atoms with Gasteiger partial charge in [-0.05, 0) is 19.8 Å². The number of amides is 3. The quantitative estimate of drug-likeness (QED) is 0.0776. The van der Waals surface area contributed by atoms with Gasteiger partial charge in [0.15, 0.2) is 5.78 Å². The second-order valence-electron chi connectivity index (χ2n) is 11.0. The van der Waals surface area contributed by atoms with Crippen LogP contribution >= 0.6 is 0 Å². The Morgan fingerprint density at radius 1 is 0.578 bits per heavy atom. The number of rotatable bonds is 33. The highest BCUT2D eigenvalue weighted by Crippen LogP contribution is 2.12. The second-order valence-corrected chi connectivity index (χ2v) is 11.0. The first-order chi connectivity index (χ1) is 21.8. The molecule has 0 aliphatic heterocycles. The van der Waals surface area contributed by atoms with Crippen LogP contribution in [-0.2, 0) is 42.9 Å². The molecule has 0 aromatic heterocycles. The van der Waals surface area contributed by atoms with Gasteiger partial charge in [0.1, 0.15) is 19.3 Å². The van der Waals surface area contributed by atoms with Gasteiger partial charge in [0.05, 0.1) is 39.6 Å². The van der Waals surface area contributed by atoms with Crippen molar-refractivity contribution in [2.24, 2.45) is 0 Å². The molecule has 0 bridgehead atoms. The molecule has 4 N–H and O–H groups in total. The maximum absolute atomic E-state index is 12.2. The van der Waals surface area contributed by atoms with Crippen molar-refractivity contribution in [1.82, 2.24) is 16.0 Å². The fraction of sp³-hybridized carbons (Fsp3) is 0.844. The van der Waals surface area contributed by atoms with Gasteiger partial charge in [-0.25, -0.2) is 4.79 Å². The highest BCUT2D eigenvalue weighted by Gasteiger charge is 2.20. The molecule has 0 fully saturated rings. The van der Waals surface area contributed by atoms with E-state index in [1.807, 2.05) is 0 Å². The number of carboxylic acid groups (broad SMARTS) is 1. The van der Waals surface area contributed by atoms with E-state index in [1.165, 1.54) is 58.3 Å². The highest BCUT2D eigenvalue weighted by atomic mass is 16.5. The molecule has 262 valence electrons. The minimum Gasteiger partial charge on any atom is -0.480 e. The van der Waals surface area contributed by atoms with Crippen molar-refractivity contribution in [3.05, 3.63) is 0 Å². The lowest BCUT2D eigenvalue weighted by Crippen LogP contribution is -2.41. The van der Waals surface area contributed by atoms with Crippen LogP contribution in [0.15, 0.2) is 0 Å². The Morgan fingerprint density at radius 3 is 1.60 bits per heavy atom. The Balaban J connectivity index is 3.70. The average molecular weight is 646 g/mol. The predicted octanol–water partition coefficient (Wildman–Crippen LogP) is 2.92. The molecule has 0 spiro atoms. The van der Waals surface area contributed by atoms with Crippen LogP contribution in [-0.4, -0.2) is 107 Å². The summed E-state index contributed by atoms with van der Waals surface area (Å²) in [5.74, 6) is -2.13. The summed E-state index contributed by atoms with van der Waals surface area (Å²) in [6.45, 7) is 5.78. The number of Topliss-reactive ketones (excluding diaryl/α,β-unsaturated/α-hetero) is 1. The van der Waals surface area contributed by atoms with Crippen molar-refractivity contribution in [1.29, 1.82) is 0 Å². The summed E-state index contributed by atoms with van der Waals surface area (Å²) in [4.78, 5) is 58.2. The third kappa shape index (κ3) is 31.2. The Hall–Kier alpha value is -2.61. The lowest BCUT2D eigenvalue weighted by atomic mass is 10.0. The fourth-order valence-corrected chi connectivity index (χ4v) is 4.23. The molecular formula is C32H59N3O10. The van der Waals surface area contributed by atoms with E-state index >= 15 is 0 Å². The van der Waals surface area contributed by atoms with E-state index in [-0.39, 0.29) is 82.3 Å². The van der Waals surface area contributed by atoms with E-state index in [2.05, 4.69) is 22.9 Å². The summed E-state index contributed by atoms with van der Waals surface area (Å²) in [5.41, 5.74) is 0. The fourth-order valence-electron chi connectivity index (χ4n) is 4.23. The van der Waals surface area contributed by atoms with E-state index in [4.69, 9.17) is 18.9 Å². The number of ether oxygens (including phenoxy) is 4. The molecule has 0 saturated heterocycles. The molecule has 1 atom stereocenters. The van der Waals surface area contributed by atoms with Crippen molar-refractivity contribution in [3.8, 4) is 0 Å². The van der Waals surface area contributed by atoms with Crippen LogP contribution in [0, 0.1) is 0 Å². The van der Waals surface area contributed by atoms with Gasteiger partial charge in [-0.2, -0.15) is 0 Å². The number of hydrogen-bond acceptors (Lipinski definition) is 9. The second kappa shape index (κ2) is 31.4. The Morgan fingerprint density at radius 2 is 1.07 bits per heavy atom. The number of carbonyl (C=O) groups excluding carboxylic acids is 4. The summed E-state index contributed by atoms with van der Waals surface area (Å²) in [7, 11) is 0. The number of unbranched alkanes of at least 4 members (excludes halogenated alkanes) is 10. The predicted molar refractivity (Wildman–Crippen MR) is 170 cm³/mol. The van der Waals surface area contributed by atoms with Crippen molar-refractivity contribution < 1.29 is 48.0 Å². The maximum Gasteiger partial charge on any atom is 0.326 e. The minimum absolute atomic E-state index is 0.00356. The summed E-state index contributed by atoms with van der Waals surface area (Å²) in [6.07, 6.45) is 13.2. The van der Waals surface area contributed by atoms with Crippen LogP contribution < -0.4 is 16.0 Å². The van der Waals surface area contributed by atoms with E-state index in [0.29, 0.717) is 26.4 Å². The molecule has 0 aliphatic carbocycles. The molecule has 45 heavy (non-hydrogen) atoms. The molecule has 13 nitrogen and oxygen atoms in total. The summed E-state index contributed by atoms with van der Waals surface area (Å²) in [5, 5.41) is 17.3. The van der Waals surface area contributed by atoms with E-state index < -0.39 is 12.0 Å². The van der Waals surface area contributed by atoms with Gasteiger partial charge in [0, 0.05) is 25.9 Å². The number of carbonyl (C=O) groups is 5. The molecule has 1 unspecified atom stereocenters. The third-order valence-electron chi connectivity index (χ3n) is 6.72. The van der Waals surface area contributed by atoms with Gasteiger partial charge >= 0.3 is 5.97 Å². The van der Waals surface area contributed by atoms with Crippen molar-refractivity contribution in [2.75, 3.05) is 65.9 Å². The van der Waals surface area contributed by atoms with E-state index in [9.17, 15) is 29.1 Å². The van der Waals surface area contributed by atoms with Gasteiger partial charge in [0.25, 0.3) is 0 Å². The van der Waals surface area contributed by atoms with Gasteiger partial charge in [-0.3, -0.25) is 19.2 Å². The Labute approximate surface area is 269 Å². The first kappa shape index (κ1) is 42.4. The SMILES string of the molecule is CCCCCCCCCCCCCC(=O)NC(CCC(=O)NCCOCCOCC(=O)NCCOCCOCC(C)=O)C(=O)O. The summed E-state index contributed by atoms with van der Waals surface area (Å²) in [6, 6.07) is -1.10. The van der Waals surface area contributed by atoms with Crippen molar-refractivity contribution in [2.45, 2.75) is 110 Å². The first-order valence-corrected chi connectivity index (χ1v) is 16.6. The van der Waals surface area contributed by atoms with Crippen LogP contribution in [0.5, 0.6) is 0 Å². The van der Waals surface area contributed by atoms with E-state index in [1.54, 1.807) is 0 Å². The zero-order chi connectivity index (χ0) is 33.4. The molecule has 0 aromatic carbocycles. The summed E-state index contributed by atoms with van der Waals surface area (Å²) < 4.78 is 20.9. The molecule has 13 heteroatoms. The molecular weight excluding hydrogens is 586 g/mol. The van der Waals surface area contributed by atoms with Crippen LogP contribution in [0.4, 0.5) is 0 Å². The monoisotopic (exact) mass is 645 g/mol. The molecule has 0 radical (unpaired) electrons. The van der Waals surface area contributed by atoms with Crippen LogP contribution in [0.1, 0.15) is 104 Å². The number of nitrogens with one attached hydrogen (secondary N) is 3. The van der Waals surface area contributed by atoms with Gasteiger partial charge in [-0.15, -0.1) is 0 Å². The third-order valence-corrected chi connectivity index (χ3v) is 6.72. The Kier molecular flexibility index (Phi) is 29.6. The Bertz CT molecular complexity index is 797. The molecule has 0 rings (SSSR count). The molecule has 0 saturated carbocycles. The summed E-state index contributed by atoms with van der Waals surface area (Å²) >= 11 is 0. The number of aliphatic carboxylic acids is 1. The standard InChI is InChI=1S/C32H59N3O10/c1-3-4-5-6-7-8-9-10-11-12-13-14-30(38)35-28(32(40)41)15-16-29(37)33-17-19-42-22-24-45-26-31(39)34-18-20-43-21-23-44-25-27(2)36/h28H,3-26H2,1-2H3,(H,33,37)(H,34,39)(H,35,38)(H,40,41). The van der Waals surface area contributed by atoms with Crippen molar-refractivity contribution in [3.63, 3.8) is 0 Å². The molecule has 0 aromatic rings. The van der Waals surface area contributed by atoms with Crippen LogP contribution in [0.2, 0.25) is 0 Å². The van der Waals surface area contributed by atoms with Gasteiger partial charge < -0.3 is 40.0 Å². The minimum atomic E-state index is -1.16. The van der Waals surface area contributed by atoms with E-state index in [0.717, 1.165) is 19.3 Å². The maximum atomic E-state index is 12.2. The number of ketones is 1. The van der Waals surface area contributed by atoms with Gasteiger partial charge in [-0.1, -0.05) is 71.1 Å². The molecule has 0 aliphatic rings. The normalized spacial score (nSPS) is 11.6. The number of carboxylic acids is 1. The smallest absolute Gasteiger partial charge is 0.326 e.